The Labute approximate surface area is 198 Å². The fourth-order valence-electron chi connectivity index (χ4n) is 3.63. The van der Waals surface area contributed by atoms with Crippen molar-refractivity contribution in [3.8, 4) is 11.4 Å². The smallest absolute Gasteiger partial charge is 0.469 e. The van der Waals surface area contributed by atoms with Gasteiger partial charge in [-0.15, -0.1) is 13.2 Å². The highest BCUT2D eigenvalue weighted by Gasteiger charge is 2.31. The van der Waals surface area contributed by atoms with Gasteiger partial charge in [0.05, 0.1) is 30.4 Å². The molecule has 10 heteroatoms. The highest BCUT2D eigenvalue weighted by atomic mass is 19.4. The van der Waals surface area contributed by atoms with Crippen molar-refractivity contribution in [1.29, 1.82) is 0 Å². The minimum Gasteiger partial charge on any atom is -0.469 e. The van der Waals surface area contributed by atoms with Crippen molar-refractivity contribution in [2.75, 3.05) is 17.7 Å². The molecule has 0 aliphatic rings. The summed E-state index contributed by atoms with van der Waals surface area (Å²) in [5, 5.41) is 6.21. The van der Waals surface area contributed by atoms with Crippen LogP contribution in [0.3, 0.4) is 0 Å². The molecule has 1 aromatic heterocycles. The van der Waals surface area contributed by atoms with E-state index in [0.29, 0.717) is 11.4 Å². The first kappa shape index (κ1) is 23.7. The topological polar surface area (TPSA) is 81.6 Å². The zero-order chi connectivity index (χ0) is 25.0. The molecule has 0 aliphatic heterocycles. The summed E-state index contributed by atoms with van der Waals surface area (Å²) in [5.41, 5.74) is 3.02. The number of carbonyl (C=O) groups is 2. The lowest BCUT2D eigenvalue weighted by Gasteiger charge is -2.14. The van der Waals surface area contributed by atoms with E-state index < -0.39 is 18.1 Å². The number of amides is 2. The third kappa shape index (κ3) is 5.72. The fourth-order valence-corrected chi connectivity index (χ4v) is 3.63. The van der Waals surface area contributed by atoms with Crippen molar-refractivity contribution in [2.24, 2.45) is 0 Å². The maximum absolute atomic E-state index is 12.6. The van der Waals surface area contributed by atoms with Gasteiger partial charge in [0.25, 0.3) is 0 Å². The van der Waals surface area contributed by atoms with Crippen molar-refractivity contribution in [2.45, 2.75) is 12.8 Å². The number of aromatic nitrogens is 1. The number of nitrogens with zero attached hydrogens (tertiary/aromatic N) is 1. The average molecular weight is 483 g/mol. The molecule has 0 saturated heterocycles. The average Bonchev–Trinajstić information content (AvgIpc) is 3.18. The van der Waals surface area contributed by atoms with Gasteiger partial charge in [-0.3, -0.25) is 4.79 Å². The van der Waals surface area contributed by atoms with Gasteiger partial charge in [-0.25, -0.2) is 4.79 Å². The second-order valence-electron chi connectivity index (χ2n) is 7.46. The van der Waals surface area contributed by atoms with Crippen LogP contribution < -0.4 is 15.4 Å². The van der Waals surface area contributed by atoms with Gasteiger partial charge >= 0.3 is 18.4 Å². The highest BCUT2D eigenvalue weighted by molar-refractivity contribution is 6.01. The van der Waals surface area contributed by atoms with Crippen molar-refractivity contribution in [3.05, 3.63) is 84.6 Å². The van der Waals surface area contributed by atoms with E-state index in [1.807, 2.05) is 47.2 Å². The lowest BCUT2D eigenvalue weighted by atomic mass is 10.1. The third-order valence-electron chi connectivity index (χ3n) is 5.11. The SMILES string of the molecule is COC(=O)Cc1cn(-c2ccccc2NC(=O)Nc2ccc(OC(F)(F)F)cc2)c2ccccc12. The van der Waals surface area contributed by atoms with Gasteiger partial charge in [0.2, 0.25) is 0 Å². The number of nitrogens with one attached hydrogen (secondary N) is 2. The molecule has 7 nitrogen and oxygen atoms in total. The second kappa shape index (κ2) is 9.80. The highest BCUT2D eigenvalue weighted by Crippen LogP contribution is 2.30. The molecular formula is C25H20F3N3O4. The molecule has 3 aromatic carbocycles. The van der Waals surface area contributed by atoms with Crippen molar-refractivity contribution < 1.29 is 32.2 Å². The number of ether oxygens (including phenoxy) is 2. The van der Waals surface area contributed by atoms with E-state index in [2.05, 4.69) is 15.4 Å². The van der Waals surface area contributed by atoms with Crippen LogP contribution in [0.4, 0.5) is 29.3 Å². The number of hydrogen-bond donors (Lipinski definition) is 2. The molecule has 35 heavy (non-hydrogen) atoms. The number of rotatable bonds is 6. The molecule has 0 aliphatic carbocycles. The molecule has 0 atom stereocenters. The minimum absolute atomic E-state index is 0.0914. The Morgan fingerprint density at radius 2 is 1.60 bits per heavy atom. The molecule has 4 aromatic rings. The molecule has 0 unspecified atom stereocenters. The number of carbonyl (C=O) groups excluding carboxylic acids is 2. The van der Waals surface area contributed by atoms with Gasteiger partial charge in [-0.1, -0.05) is 30.3 Å². The summed E-state index contributed by atoms with van der Waals surface area (Å²) in [4.78, 5) is 24.5. The summed E-state index contributed by atoms with van der Waals surface area (Å²) in [7, 11) is 1.33. The lowest BCUT2D eigenvalue weighted by Crippen LogP contribution is -2.20. The summed E-state index contributed by atoms with van der Waals surface area (Å²) < 4.78 is 47.5. The van der Waals surface area contributed by atoms with Gasteiger partial charge < -0.3 is 24.7 Å². The predicted molar refractivity (Wildman–Crippen MR) is 125 cm³/mol. The molecule has 4 rings (SSSR count). The van der Waals surface area contributed by atoms with Crippen LogP contribution in [0.25, 0.3) is 16.6 Å². The number of fused-ring (bicyclic) bond motifs is 1. The Hall–Kier alpha value is -4.47. The van der Waals surface area contributed by atoms with Crippen molar-refractivity contribution in [3.63, 3.8) is 0 Å². The number of para-hydroxylation sites is 3. The Balaban J connectivity index is 1.57. The van der Waals surface area contributed by atoms with Gasteiger partial charge in [-0.2, -0.15) is 0 Å². The molecule has 0 bridgehead atoms. The van der Waals surface area contributed by atoms with E-state index >= 15 is 0 Å². The molecule has 2 N–H and O–H groups in total. The lowest BCUT2D eigenvalue weighted by molar-refractivity contribution is -0.274. The molecule has 0 radical (unpaired) electrons. The third-order valence-corrected chi connectivity index (χ3v) is 5.11. The molecule has 0 fully saturated rings. The van der Waals surface area contributed by atoms with Crippen LogP contribution in [0.1, 0.15) is 5.56 Å². The number of urea groups is 1. The summed E-state index contributed by atoms with van der Waals surface area (Å²) in [5.74, 6) is -0.763. The zero-order valence-electron chi connectivity index (χ0n) is 18.4. The summed E-state index contributed by atoms with van der Waals surface area (Å²) in [6.07, 6.45) is -2.89. The standard InChI is InChI=1S/C25H20F3N3O4/c1-34-23(32)14-16-15-31(21-8-4-2-6-19(16)21)22-9-5-3-7-20(22)30-24(33)29-17-10-12-18(13-11-17)35-25(26,27)28/h2-13,15H,14H2,1H3,(H2,29,30,33). The summed E-state index contributed by atoms with van der Waals surface area (Å²) in [6.45, 7) is 0. The molecule has 180 valence electrons. The number of benzene rings is 3. The number of hydrogen-bond acceptors (Lipinski definition) is 4. The number of alkyl halides is 3. The van der Waals surface area contributed by atoms with Crippen LogP contribution in [0.5, 0.6) is 5.75 Å². The minimum atomic E-state index is -4.80. The molecular weight excluding hydrogens is 463 g/mol. The van der Waals surface area contributed by atoms with Crippen LogP contribution in [0.2, 0.25) is 0 Å². The van der Waals surface area contributed by atoms with E-state index in [1.54, 1.807) is 12.1 Å². The second-order valence-corrected chi connectivity index (χ2v) is 7.46. The number of halogens is 3. The van der Waals surface area contributed by atoms with Crippen LogP contribution >= 0.6 is 0 Å². The molecule has 0 spiro atoms. The molecule has 0 saturated carbocycles. The summed E-state index contributed by atoms with van der Waals surface area (Å²) in [6, 6.07) is 18.8. The Morgan fingerprint density at radius 3 is 2.31 bits per heavy atom. The van der Waals surface area contributed by atoms with Gasteiger partial charge in [0.1, 0.15) is 5.75 Å². The molecule has 2 amide bonds. The first-order chi connectivity index (χ1) is 16.7. The largest absolute Gasteiger partial charge is 0.573 e. The maximum Gasteiger partial charge on any atom is 0.573 e. The fraction of sp³-hybridized carbons (Fsp3) is 0.120. The maximum atomic E-state index is 12.6. The van der Waals surface area contributed by atoms with Crippen LogP contribution in [-0.2, 0) is 16.0 Å². The first-order valence-electron chi connectivity index (χ1n) is 10.4. The Morgan fingerprint density at radius 1 is 0.914 bits per heavy atom. The summed E-state index contributed by atoms with van der Waals surface area (Å²) >= 11 is 0. The van der Waals surface area contributed by atoms with Gasteiger partial charge in [-0.05, 0) is 48.0 Å². The Kier molecular flexibility index (Phi) is 6.63. The van der Waals surface area contributed by atoms with Crippen LogP contribution in [0, 0.1) is 0 Å². The van der Waals surface area contributed by atoms with Crippen LogP contribution in [0.15, 0.2) is 79.0 Å². The number of methoxy groups -OCH3 is 1. The van der Waals surface area contributed by atoms with E-state index in [9.17, 15) is 22.8 Å². The zero-order valence-corrected chi connectivity index (χ0v) is 18.4. The van der Waals surface area contributed by atoms with Gasteiger partial charge in [0, 0.05) is 17.3 Å². The molecule has 1 heterocycles. The normalized spacial score (nSPS) is 11.2. The Bertz CT molecular complexity index is 1360. The van der Waals surface area contributed by atoms with Crippen molar-refractivity contribution in [1.82, 2.24) is 4.57 Å². The van der Waals surface area contributed by atoms with E-state index in [0.717, 1.165) is 28.6 Å². The van der Waals surface area contributed by atoms with E-state index in [-0.39, 0.29) is 18.1 Å². The monoisotopic (exact) mass is 483 g/mol. The number of esters is 1. The van der Waals surface area contributed by atoms with Crippen LogP contribution in [-0.4, -0.2) is 30.0 Å². The first-order valence-corrected chi connectivity index (χ1v) is 10.4. The quantitative estimate of drug-likeness (QED) is 0.335. The van der Waals surface area contributed by atoms with Crippen molar-refractivity contribution >= 4 is 34.3 Å². The van der Waals surface area contributed by atoms with E-state index in [1.165, 1.54) is 19.2 Å². The predicted octanol–water partition coefficient (Wildman–Crippen LogP) is 5.89. The van der Waals surface area contributed by atoms with Gasteiger partial charge in [0.15, 0.2) is 0 Å². The van der Waals surface area contributed by atoms with E-state index in [4.69, 9.17) is 4.74 Å². The number of anilines is 2.